The number of hydrogen-bond donors (Lipinski definition) is 1. The van der Waals surface area contributed by atoms with Crippen molar-refractivity contribution in [3.05, 3.63) is 48.0 Å². The molecule has 1 aromatic heterocycles. The normalized spacial score (nSPS) is 10.2. The van der Waals surface area contributed by atoms with E-state index in [2.05, 4.69) is 4.98 Å². The monoisotopic (exact) mass is 261 g/mol. The molecule has 0 bridgehead atoms. The molecular formula is C14H12FNO3. The van der Waals surface area contributed by atoms with Crippen molar-refractivity contribution in [2.75, 3.05) is 7.11 Å². The topological polar surface area (TPSA) is 59.4 Å². The van der Waals surface area contributed by atoms with Gasteiger partial charge in [-0.3, -0.25) is 9.78 Å². The summed E-state index contributed by atoms with van der Waals surface area (Å²) in [7, 11) is 1.46. The number of rotatable bonds is 4. The number of hydrogen-bond acceptors (Lipinski definition) is 3. The SMILES string of the molecule is COc1cncc(-c2ccc(F)cc2)c1CC(=O)O. The van der Waals surface area contributed by atoms with Gasteiger partial charge in [-0.05, 0) is 17.7 Å². The fourth-order valence-corrected chi connectivity index (χ4v) is 1.86. The van der Waals surface area contributed by atoms with Crippen molar-refractivity contribution in [2.24, 2.45) is 0 Å². The number of nitrogens with zero attached hydrogens (tertiary/aromatic N) is 1. The third kappa shape index (κ3) is 2.88. The average Bonchev–Trinajstić information content (AvgIpc) is 2.39. The van der Waals surface area contributed by atoms with E-state index in [4.69, 9.17) is 9.84 Å². The van der Waals surface area contributed by atoms with E-state index in [1.54, 1.807) is 18.3 Å². The minimum absolute atomic E-state index is 0.182. The lowest BCUT2D eigenvalue weighted by Gasteiger charge is -2.11. The third-order valence-corrected chi connectivity index (χ3v) is 2.72. The van der Waals surface area contributed by atoms with Crippen LogP contribution in [0.1, 0.15) is 5.56 Å². The fraction of sp³-hybridized carbons (Fsp3) is 0.143. The molecule has 0 atom stereocenters. The van der Waals surface area contributed by atoms with Gasteiger partial charge in [0, 0.05) is 17.3 Å². The number of aliphatic carboxylic acids is 1. The molecule has 5 heteroatoms. The Morgan fingerprint density at radius 3 is 2.58 bits per heavy atom. The fourth-order valence-electron chi connectivity index (χ4n) is 1.86. The van der Waals surface area contributed by atoms with Gasteiger partial charge in [-0.2, -0.15) is 0 Å². The van der Waals surface area contributed by atoms with Crippen molar-refractivity contribution < 1.29 is 19.0 Å². The lowest BCUT2D eigenvalue weighted by atomic mass is 9.99. The minimum Gasteiger partial charge on any atom is -0.495 e. The zero-order valence-electron chi connectivity index (χ0n) is 10.3. The summed E-state index contributed by atoms with van der Waals surface area (Å²) < 4.78 is 18.1. The number of carboxylic acid groups (broad SMARTS) is 1. The lowest BCUT2D eigenvalue weighted by Crippen LogP contribution is -2.05. The van der Waals surface area contributed by atoms with Crippen molar-refractivity contribution in [1.82, 2.24) is 4.98 Å². The Balaban J connectivity index is 2.55. The molecule has 1 N–H and O–H groups in total. The number of benzene rings is 1. The van der Waals surface area contributed by atoms with Crippen LogP contribution < -0.4 is 4.74 Å². The zero-order chi connectivity index (χ0) is 13.8. The predicted octanol–water partition coefficient (Wildman–Crippen LogP) is 2.52. The van der Waals surface area contributed by atoms with Crippen LogP contribution in [0.25, 0.3) is 11.1 Å². The molecule has 0 fully saturated rings. The second kappa shape index (κ2) is 5.48. The first-order valence-corrected chi connectivity index (χ1v) is 5.60. The molecule has 0 aliphatic heterocycles. The van der Waals surface area contributed by atoms with Crippen LogP contribution in [0.2, 0.25) is 0 Å². The molecule has 4 nitrogen and oxygen atoms in total. The molecule has 19 heavy (non-hydrogen) atoms. The first-order chi connectivity index (χ1) is 9.11. The molecule has 0 radical (unpaired) electrons. The number of pyridine rings is 1. The Hall–Kier alpha value is -2.43. The maximum absolute atomic E-state index is 12.9. The summed E-state index contributed by atoms with van der Waals surface area (Å²) in [6, 6.07) is 5.80. The highest BCUT2D eigenvalue weighted by Gasteiger charge is 2.14. The summed E-state index contributed by atoms with van der Waals surface area (Å²) >= 11 is 0. The second-order valence-electron chi connectivity index (χ2n) is 3.95. The van der Waals surface area contributed by atoms with E-state index in [1.807, 2.05) is 0 Å². The number of ether oxygens (including phenoxy) is 1. The van der Waals surface area contributed by atoms with E-state index in [0.29, 0.717) is 22.4 Å². The molecule has 2 aromatic rings. The van der Waals surface area contributed by atoms with Gasteiger partial charge in [0.05, 0.1) is 19.7 Å². The summed E-state index contributed by atoms with van der Waals surface area (Å²) in [5.41, 5.74) is 1.85. The van der Waals surface area contributed by atoms with E-state index in [9.17, 15) is 9.18 Å². The average molecular weight is 261 g/mol. The molecule has 0 saturated heterocycles. The van der Waals surface area contributed by atoms with E-state index >= 15 is 0 Å². The summed E-state index contributed by atoms with van der Waals surface area (Å²) in [5.74, 6) is -0.906. The standard InChI is InChI=1S/C14H12FNO3/c1-19-13-8-16-7-12(11(13)6-14(17)18)9-2-4-10(15)5-3-9/h2-5,7-8H,6H2,1H3,(H,17,18). The highest BCUT2D eigenvalue weighted by Crippen LogP contribution is 2.30. The van der Waals surface area contributed by atoms with Gasteiger partial charge in [-0.15, -0.1) is 0 Å². The van der Waals surface area contributed by atoms with Crippen molar-refractivity contribution in [3.63, 3.8) is 0 Å². The third-order valence-electron chi connectivity index (χ3n) is 2.72. The molecule has 0 aliphatic rings. The quantitative estimate of drug-likeness (QED) is 0.918. The lowest BCUT2D eigenvalue weighted by molar-refractivity contribution is -0.136. The number of methoxy groups -OCH3 is 1. The van der Waals surface area contributed by atoms with Gasteiger partial charge < -0.3 is 9.84 Å². The highest BCUT2D eigenvalue weighted by atomic mass is 19.1. The van der Waals surface area contributed by atoms with E-state index in [-0.39, 0.29) is 12.2 Å². The van der Waals surface area contributed by atoms with Gasteiger partial charge in [0.1, 0.15) is 11.6 Å². The van der Waals surface area contributed by atoms with E-state index in [0.717, 1.165) is 0 Å². The van der Waals surface area contributed by atoms with Gasteiger partial charge in [-0.1, -0.05) is 12.1 Å². The summed E-state index contributed by atoms with van der Waals surface area (Å²) in [5, 5.41) is 8.97. The Kier molecular flexibility index (Phi) is 3.75. The van der Waals surface area contributed by atoms with E-state index < -0.39 is 5.97 Å². The van der Waals surface area contributed by atoms with Crippen LogP contribution in [0.15, 0.2) is 36.7 Å². The van der Waals surface area contributed by atoms with Crippen LogP contribution in [-0.4, -0.2) is 23.2 Å². The first-order valence-electron chi connectivity index (χ1n) is 5.60. The number of carboxylic acids is 1. The van der Waals surface area contributed by atoms with Gasteiger partial charge in [0.25, 0.3) is 0 Å². The van der Waals surface area contributed by atoms with Crippen LogP contribution in [-0.2, 0) is 11.2 Å². The molecule has 0 amide bonds. The molecule has 1 aromatic carbocycles. The molecule has 0 aliphatic carbocycles. The molecule has 0 saturated carbocycles. The zero-order valence-corrected chi connectivity index (χ0v) is 10.3. The first kappa shape index (κ1) is 13.0. The van der Waals surface area contributed by atoms with Crippen molar-refractivity contribution >= 4 is 5.97 Å². The Morgan fingerprint density at radius 2 is 2.00 bits per heavy atom. The molecular weight excluding hydrogens is 249 g/mol. The van der Waals surface area contributed by atoms with Gasteiger partial charge in [0.15, 0.2) is 0 Å². The molecule has 1 heterocycles. The summed E-state index contributed by atoms with van der Waals surface area (Å²) in [6.07, 6.45) is 2.83. The second-order valence-corrected chi connectivity index (χ2v) is 3.95. The number of halogens is 1. The van der Waals surface area contributed by atoms with Crippen LogP contribution >= 0.6 is 0 Å². The van der Waals surface area contributed by atoms with Crippen LogP contribution in [0.3, 0.4) is 0 Å². The molecule has 0 unspecified atom stereocenters. The van der Waals surface area contributed by atoms with Gasteiger partial charge in [0.2, 0.25) is 0 Å². The highest BCUT2D eigenvalue weighted by molar-refractivity contribution is 5.78. The van der Waals surface area contributed by atoms with Crippen molar-refractivity contribution in [2.45, 2.75) is 6.42 Å². The smallest absolute Gasteiger partial charge is 0.307 e. The largest absolute Gasteiger partial charge is 0.495 e. The maximum atomic E-state index is 12.9. The van der Waals surface area contributed by atoms with Gasteiger partial charge >= 0.3 is 5.97 Å². The summed E-state index contributed by atoms with van der Waals surface area (Å²) in [6.45, 7) is 0. The molecule has 2 rings (SSSR count). The predicted molar refractivity (Wildman–Crippen MR) is 67.5 cm³/mol. The van der Waals surface area contributed by atoms with Crippen LogP contribution in [0.4, 0.5) is 4.39 Å². The Labute approximate surface area is 109 Å². The molecule has 0 spiro atoms. The molecule has 98 valence electrons. The Morgan fingerprint density at radius 1 is 1.32 bits per heavy atom. The van der Waals surface area contributed by atoms with Crippen molar-refractivity contribution in [3.8, 4) is 16.9 Å². The van der Waals surface area contributed by atoms with Crippen LogP contribution in [0.5, 0.6) is 5.75 Å². The van der Waals surface area contributed by atoms with E-state index in [1.165, 1.54) is 25.4 Å². The van der Waals surface area contributed by atoms with Crippen LogP contribution in [0, 0.1) is 5.82 Å². The number of carbonyl (C=O) groups is 1. The maximum Gasteiger partial charge on any atom is 0.307 e. The Bertz CT molecular complexity index is 596. The minimum atomic E-state index is -0.965. The summed E-state index contributed by atoms with van der Waals surface area (Å²) in [4.78, 5) is 14.9. The van der Waals surface area contributed by atoms with Crippen molar-refractivity contribution in [1.29, 1.82) is 0 Å². The number of aromatic nitrogens is 1. The van der Waals surface area contributed by atoms with Gasteiger partial charge in [-0.25, -0.2) is 4.39 Å².